The zero-order valence-corrected chi connectivity index (χ0v) is 18.5. The van der Waals surface area contributed by atoms with Gasteiger partial charge in [-0.15, -0.1) is 0 Å². The maximum Gasteiger partial charge on any atom is 0.273 e. The molecule has 1 atom stereocenters. The molecule has 3 rings (SSSR count). The molecule has 10 nitrogen and oxygen atoms in total. The maximum atomic E-state index is 13.7. The number of nitrogens with one attached hydrogen (secondary N) is 1. The minimum Gasteiger partial charge on any atom is -0.508 e. The van der Waals surface area contributed by atoms with E-state index in [1.165, 1.54) is 24.1 Å². The van der Waals surface area contributed by atoms with Crippen LogP contribution in [-0.4, -0.2) is 47.5 Å². The topological polar surface area (TPSA) is 161 Å². The highest BCUT2D eigenvalue weighted by Crippen LogP contribution is 2.33. The summed E-state index contributed by atoms with van der Waals surface area (Å²) in [6.07, 6.45) is 0. The highest BCUT2D eigenvalue weighted by molar-refractivity contribution is 7.09. The Morgan fingerprint density at radius 1 is 1.15 bits per heavy atom. The van der Waals surface area contributed by atoms with Crippen LogP contribution in [0.15, 0.2) is 54.6 Å². The molecule has 1 aromatic heterocycles. The third kappa shape index (κ3) is 5.27. The lowest BCUT2D eigenvalue weighted by Crippen LogP contribution is -2.44. The van der Waals surface area contributed by atoms with Crippen molar-refractivity contribution >= 4 is 40.6 Å². The molecule has 6 N–H and O–H groups in total. The van der Waals surface area contributed by atoms with Crippen molar-refractivity contribution in [2.75, 3.05) is 30.9 Å². The molecule has 172 valence electrons. The number of aromatic hydroxyl groups is 1. The summed E-state index contributed by atoms with van der Waals surface area (Å²) >= 11 is 0.725. The molecule has 0 aliphatic heterocycles. The van der Waals surface area contributed by atoms with Gasteiger partial charge in [0.2, 0.25) is 5.91 Å². The molecule has 0 spiro atoms. The van der Waals surface area contributed by atoms with Gasteiger partial charge in [0.15, 0.2) is 5.69 Å². The van der Waals surface area contributed by atoms with Crippen LogP contribution < -0.4 is 21.7 Å². The molecule has 33 heavy (non-hydrogen) atoms. The quantitative estimate of drug-likeness (QED) is 0.347. The van der Waals surface area contributed by atoms with Crippen LogP contribution in [0, 0.1) is 0 Å². The maximum absolute atomic E-state index is 13.7. The van der Waals surface area contributed by atoms with Crippen LogP contribution in [0.3, 0.4) is 0 Å². The molecule has 3 aromatic rings. The van der Waals surface area contributed by atoms with Crippen LogP contribution in [0.4, 0.5) is 11.4 Å². The number of rotatable bonds is 9. The van der Waals surface area contributed by atoms with Gasteiger partial charge >= 0.3 is 0 Å². The number of hydrogen-bond acceptors (Lipinski definition) is 8. The van der Waals surface area contributed by atoms with Crippen molar-refractivity contribution in [1.82, 2.24) is 9.69 Å². The van der Waals surface area contributed by atoms with Crippen molar-refractivity contribution in [2.24, 2.45) is 5.73 Å². The molecule has 3 amide bonds. The Morgan fingerprint density at radius 3 is 2.39 bits per heavy atom. The lowest BCUT2D eigenvalue weighted by Gasteiger charge is -2.31. The second kappa shape index (κ2) is 10.6. The molecule has 0 fully saturated rings. The molecule has 0 radical (unpaired) electrons. The Bertz CT molecular complexity index is 1130. The monoisotopic (exact) mass is 469 g/mol. The number of phenolic OH excluding ortho intramolecular Hbond substituents is 1. The summed E-state index contributed by atoms with van der Waals surface area (Å²) in [5.74, 6) is -1.97. The van der Waals surface area contributed by atoms with Gasteiger partial charge in [-0.05, 0) is 41.4 Å². The highest BCUT2D eigenvalue weighted by atomic mass is 32.1. The number of methoxy groups -OCH3 is 1. The average molecular weight is 470 g/mol. The summed E-state index contributed by atoms with van der Waals surface area (Å²) in [7, 11) is 1.51. The molecule has 0 saturated heterocycles. The fraction of sp³-hybridized carbons (Fsp3) is 0.182. The summed E-state index contributed by atoms with van der Waals surface area (Å²) in [6.45, 7) is 0.492. The standard InChI is InChI=1S/C22H23N5O5S/c1-32-12-11-25-21(30)18(13-7-9-15(28)10-8-13)27(14-5-3-2-4-6-14)22(31)19-16(23)17(20(24)29)26-33-19/h2-10,18,28H,11-12,23H2,1H3,(H2,24,29)(H,25,30)/t18-/m0/s1. The highest BCUT2D eigenvalue weighted by Gasteiger charge is 2.35. The van der Waals surface area contributed by atoms with E-state index in [1.807, 2.05) is 0 Å². The van der Waals surface area contributed by atoms with Crippen LogP contribution in [-0.2, 0) is 9.53 Å². The van der Waals surface area contributed by atoms with E-state index in [0.717, 1.165) is 11.5 Å². The summed E-state index contributed by atoms with van der Waals surface area (Å²) in [4.78, 5) is 39.9. The first-order valence-corrected chi connectivity index (χ1v) is 10.6. The van der Waals surface area contributed by atoms with Crippen molar-refractivity contribution in [3.05, 3.63) is 70.7 Å². The first-order chi connectivity index (χ1) is 15.8. The smallest absolute Gasteiger partial charge is 0.273 e. The van der Waals surface area contributed by atoms with Gasteiger partial charge in [0.05, 0.1) is 12.3 Å². The normalized spacial score (nSPS) is 11.5. The second-order valence-electron chi connectivity index (χ2n) is 6.93. The van der Waals surface area contributed by atoms with E-state index < -0.39 is 23.8 Å². The van der Waals surface area contributed by atoms with Gasteiger partial charge in [-0.25, -0.2) is 0 Å². The van der Waals surface area contributed by atoms with Crippen molar-refractivity contribution in [1.29, 1.82) is 0 Å². The number of carbonyl (C=O) groups is 3. The predicted molar refractivity (Wildman–Crippen MR) is 124 cm³/mol. The molecule has 0 unspecified atom stereocenters. The Hall–Kier alpha value is -3.96. The van der Waals surface area contributed by atoms with Crippen molar-refractivity contribution < 1.29 is 24.2 Å². The lowest BCUT2D eigenvalue weighted by molar-refractivity contribution is -0.122. The Labute approximate surface area is 193 Å². The van der Waals surface area contributed by atoms with Crippen molar-refractivity contribution in [3.63, 3.8) is 0 Å². The largest absolute Gasteiger partial charge is 0.508 e. The predicted octanol–water partition coefficient (Wildman–Crippen LogP) is 1.68. The number of anilines is 2. The molecule has 1 heterocycles. The number of nitrogens with two attached hydrogens (primary N) is 2. The van der Waals surface area contributed by atoms with Crippen molar-refractivity contribution in [2.45, 2.75) is 6.04 Å². The van der Waals surface area contributed by atoms with E-state index in [-0.39, 0.29) is 35.2 Å². The van der Waals surface area contributed by atoms with Gasteiger partial charge in [0, 0.05) is 19.3 Å². The molecule has 0 bridgehead atoms. The van der Waals surface area contributed by atoms with Crippen molar-refractivity contribution in [3.8, 4) is 5.75 Å². The number of benzene rings is 2. The zero-order valence-electron chi connectivity index (χ0n) is 17.7. The van der Waals surface area contributed by atoms with Crippen LogP contribution in [0.1, 0.15) is 31.8 Å². The van der Waals surface area contributed by atoms with Gasteiger partial charge in [0.1, 0.15) is 16.7 Å². The molecular formula is C22H23N5O5S. The number of carbonyl (C=O) groups excluding carboxylic acids is 3. The number of ether oxygens (including phenoxy) is 1. The second-order valence-corrected chi connectivity index (χ2v) is 7.70. The molecule has 0 saturated carbocycles. The zero-order chi connectivity index (χ0) is 24.0. The molecule has 2 aromatic carbocycles. The Balaban J connectivity index is 2.14. The number of nitrogen functional groups attached to an aromatic ring is 1. The number of hydrogen-bond donors (Lipinski definition) is 4. The first kappa shape index (κ1) is 23.7. The Morgan fingerprint density at radius 2 is 1.82 bits per heavy atom. The van der Waals surface area contributed by atoms with E-state index >= 15 is 0 Å². The van der Waals surface area contributed by atoms with E-state index in [4.69, 9.17) is 16.2 Å². The van der Waals surface area contributed by atoms with Gasteiger partial charge in [0.25, 0.3) is 11.8 Å². The Kier molecular flexibility index (Phi) is 7.59. The summed E-state index contributed by atoms with van der Waals surface area (Å²) < 4.78 is 8.91. The first-order valence-electron chi connectivity index (χ1n) is 9.84. The molecule has 11 heteroatoms. The van der Waals surface area contributed by atoms with Crippen LogP contribution in [0.5, 0.6) is 5.75 Å². The lowest BCUT2D eigenvalue weighted by atomic mass is 10.0. The summed E-state index contributed by atoms with van der Waals surface area (Å²) in [5, 5.41) is 12.5. The summed E-state index contributed by atoms with van der Waals surface area (Å²) in [6, 6.07) is 13.3. The fourth-order valence-electron chi connectivity index (χ4n) is 3.16. The number of para-hydroxylation sites is 1. The molecule has 0 aliphatic rings. The third-order valence-electron chi connectivity index (χ3n) is 4.73. The van der Waals surface area contributed by atoms with E-state index in [2.05, 4.69) is 9.69 Å². The number of amides is 3. The minimum absolute atomic E-state index is 0.00711. The van der Waals surface area contributed by atoms with E-state index in [0.29, 0.717) is 11.3 Å². The minimum atomic E-state index is -1.13. The van der Waals surface area contributed by atoms with E-state index in [9.17, 15) is 19.5 Å². The SMILES string of the molecule is COCCNC(=O)[C@H](c1ccc(O)cc1)N(C(=O)c1snc(C(N)=O)c1N)c1ccccc1. The third-order valence-corrected chi connectivity index (χ3v) is 5.58. The number of nitrogens with zero attached hydrogens (tertiary/aromatic N) is 2. The average Bonchev–Trinajstić information content (AvgIpc) is 3.20. The number of aromatic nitrogens is 1. The summed E-state index contributed by atoms with van der Waals surface area (Å²) in [5.41, 5.74) is 11.8. The molecule has 0 aliphatic carbocycles. The van der Waals surface area contributed by atoms with Gasteiger partial charge < -0.3 is 26.6 Å². The van der Waals surface area contributed by atoms with Gasteiger partial charge in [-0.1, -0.05) is 30.3 Å². The van der Waals surface area contributed by atoms with E-state index in [1.54, 1.807) is 42.5 Å². The number of primary amides is 1. The van der Waals surface area contributed by atoms with Crippen LogP contribution in [0.2, 0.25) is 0 Å². The van der Waals surface area contributed by atoms with Crippen LogP contribution in [0.25, 0.3) is 0 Å². The molecular weight excluding hydrogens is 446 g/mol. The van der Waals surface area contributed by atoms with Gasteiger partial charge in [-0.2, -0.15) is 4.37 Å². The van der Waals surface area contributed by atoms with Gasteiger partial charge in [-0.3, -0.25) is 19.3 Å². The van der Waals surface area contributed by atoms with Crippen LogP contribution >= 0.6 is 11.5 Å². The number of phenols is 1. The fourth-order valence-corrected chi connectivity index (χ4v) is 3.90.